The maximum absolute atomic E-state index is 13.6. The van der Waals surface area contributed by atoms with Crippen LogP contribution in [0.5, 0.6) is 0 Å². The molecule has 0 bridgehead atoms. The van der Waals surface area contributed by atoms with Gasteiger partial charge in [0.15, 0.2) is 11.6 Å². The van der Waals surface area contributed by atoms with Gasteiger partial charge >= 0.3 is 0 Å². The highest BCUT2D eigenvalue weighted by Crippen LogP contribution is 2.26. The van der Waals surface area contributed by atoms with Crippen molar-refractivity contribution in [2.75, 3.05) is 6.61 Å². The molecule has 5 heteroatoms. The largest absolute Gasteiger partial charge is 0.378 e. The SMILES string of the molecule is NNC(CCC1CCCO1)c1cccc(F)c1F. The third kappa shape index (κ3) is 3.04. The molecule has 0 saturated carbocycles. The van der Waals surface area contributed by atoms with Crippen LogP contribution < -0.4 is 11.3 Å². The van der Waals surface area contributed by atoms with Crippen LogP contribution in [0.3, 0.4) is 0 Å². The van der Waals surface area contributed by atoms with Crippen LogP contribution in [0.4, 0.5) is 8.78 Å². The van der Waals surface area contributed by atoms with Gasteiger partial charge in [0.1, 0.15) is 0 Å². The van der Waals surface area contributed by atoms with Crippen molar-refractivity contribution in [2.45, 2.75) is 37.8 Å². The first-order valence-electron chi connectivity index (χ1n) is 6.24. The Bertz CT molecular complexity index is 395. The summed E-state index contributed by atoms with van der Waals surface area (Å²) in [4.78, 5) is 0. The Morgan fingerprint density at radius 3 is 2.94 bits per heavy atom. The summed E-state index contributed by atoms with van der Waals surface area (Å²) < 4.78 is 32.3. The average Bonchev–Trinajstić information content (AvgIpc) is 2.88. The number of rotatable bonds is 5. The van der Waals surface area contributed by atoms with Gasteiger partial charge in [-0.3, -0.25) is 11.3 Å². The van der Waals surface area contributed by atoms with Gasteiger partial charge in [-0.15, -0.1) is 0 Å². The molecule has 1 aliphatic heterocycles. The lowest BCUT2D eigenvalue weighted by Gasteiger charge is -2.19. The highest BCUT2D eigenvalue weighted by molar-refractivity contribution is 5.22. The molecule has 1 aliphatic rings. The minimum atomic E-state index is -0.843. The van der Waals surface area contributed by atoms with E-state index >= 15 is 0 Å². The lowest BCUT2D eigenvalue weighted by molar-refractivity contribution is 0.0994. The molecule has 0 aliphatic carbocycles. The zero-order valence-corrected chi connectivity index (χ0v) is 10.2. The van der Waals surface area contributed by atoms with Gasteiger partial charge in [0.2, 0.25) is 0 Å². The topological polar surface area (TPSA) is 47.3 Å². The maximum atomic E-state index is 13.6. The fourth-order valence-electron chi connectivity index (χ4n) is 2.34. The fourth-order valence-corrected chi connectivity index (χ4v) is 2.34. The van der Waals surface area contributed by atoms with Gasteiger partial charge in [-0.1, -0.05) is 12.1 Å². The first kappa shape index (κ1) is 13.4. The molecule has 3 nitrogen and oxygen atoms in total. The molecule has 0 spiro atoms. The molecule has 2 atom stereocenters. The number of halogens is 2. The number of hydrazine groups is 1. The number of benzene rings is 1. The molecule has 100 valence electrons. The molecule has 1 heterocycles. The maximum Gasteiger partial charge on any atom is 0.163 e. The van der Waals surface area contributed by atoms with Crippen LogP contribution in [0, 0.1) is 11.6 Å². The smallest absolute Gasteiger partial charge is 0.163 e. The van der Waals surface area contributed by atoms with E-state index in [2.05, 4.69) is 5.43 Å². The zero-order valence-electron chi connectivity index (χ0n) is 10.2. The van der Waals surface area contributed by atoms with Crippen LogP contribution in [-0.4, -0.2) is 12.7 Å². The minimum absolute atomic E-state index is 0.220. The molecule has 1 aromatic carbocycles. The van der Waals surface area contributed by atoms with Gasteiger partial charge in [0.25, 0.3) is 0 Å². The summed E-state index contributed by atoms with van der Waals surface area (Å²) in [5, 5.41) is 0. The van der Waals surface area contributed by atoms with Crippen molar-refractivity contribution < 1.29 is 13.5 Å². The summed E-state index contributed by atoms with van der Waals surface area (Å²) in [6.07, 6.45) is 3.74. The van der Waals surface area contributed by atoms with Gasteiger partial charge in [0.05, 0.1) is 6.10 Å². The number of ether oxygens (including phenoxy) is 1. The number of nitrogens with two attached hydrogens (primary N) is 1. The molecule has 0 aromatic heterocycles. The molecule has 2 unspecified atom stereocenters. The Morgan fingerprint density at radius 2 is 2.28 bits per heavy atom. The van der Waals surface area contributed by atoms with E-state index < -0.39 is 11.6 Å². The predicted octanol–water partition coefficient (Wildman–Crippen LogP) is 2.43. The molecule has 1 fully saturated rings. The molecule has 0 amide bonds. The Balaban J connectivity index is 2.00. The van der Waals surface area contributed by atoms with Crippen molar-refractivity contribution in [3.05, 3.63) is 35.4 Å². The van der Waals surface area contributed by atoms with E-state index in [-0.39, 0.29) is 17.7 Å². The Hall–Kier alpha value is -1.04. The minimum Gasteiger partial charge on any atom is -0.378 e. The summed E-state index contributed by atoms with van der Waals surface area (Å²) in [5.41, 5.74) is 2.82. The van der Waals surface area contributed by atoms with Crippen LogP contribution in [0.1, 0.15) is 37.3 Å². The lowest BCUT2D eigenvalue weighted by atomic mass is 9.99. The second-order valence-electron chi connectivity index (χ2n) is 4.57. The van der Waals surface area contributed by atoms with E-state index in [9.17, 15) is 8.78 Å². The average molecular weight is 256 g/mol. The van der Waals surface area contributed by atoms with E-state index in [1.165, 1.54) is 6.07 Å². The summed E-state index contributed by atoms with van der Waals surface area (Å²) in [7, 11) is 0. The van der Waals surface area contributed by atoms with E-state index in [1.807, 2.05) is 0 Å². The molecular weight excluding hydrogens is 238 g/mol. The molecular formula is C13H18F2N2O. The van der Waals surface area contributed by atoms with E-state index in [0.717, 1.165) is 31.9 Å². The fraction of sp³-hybridized carbons (Fsp3) is 0.538. The van der Waals surface area contributed by atoms with Crippen molar-refractivity contribution in [2.24, 2.45) is 5.84 Å². The van der Waals surface area contributed by atoms with Gasteiger partial charge in [0, 0.05) is 18.2 Å². The first-order chi connectivity index (χ1) is 8.72. The first-order valence-corrected chi connectivity index (χ1v) is 6.24. The van der Waals surface area contributed by atoms with Gasteiger partial charge in [-0.05, 0) is 31.7 Å². The van der Waals surface area contributed by atoms with Gasteiger partial charge in [-0.25, -0.2) is 8.78 Å². The molecule has 1 saturated heterocycles. The van der Waals surface area contributed by atoms with Crippen molar-refractivity contribution in [1.29, 1.82) is 0 Å². The molecule has 18 heavy (non-hydrogen) atoms. The van der Waals surface area contributed by atoms with E-state index in [1.54, 1.807) is 6.07 Å². The van der Waals surface area contributed by atoms with Crippen LogP contribution in [0.25, 0.3) is 0 Å². The highest BCUT2D eigenvalue weighted by Gasteiger charge is 2.21. The summed E-state index contributed by atoms with van der Waals surface area (Å²) in [5.74, 6) is 3.76. The van der Waals surface area contributed by atoms with Crippen molar-refractivity contribution in [3.63, 3.8) is 0 Å². The Labute approximate surface area is 105 Å². The normalized spacial score (nSPS) is 21.2. The van der Waals surface area contributed by atoms with Crippen LogP contribution in [0.15, 0.2) is 18.2 Å². The standard InChI is InChI=1S/C13H18F2N2O/c14-11-5-1-4-10(13(11)15)12(17-16)7-6-9-3-2-8-18-9/h1,4-5,9,12,17H,2-3,6-8,16H2. The molecule has 0 radical (unpaired) electrons. The molecule has 3 N–H and O–H groups in total. The van der Waals surface area contributed by atoms with E-state index in [4.69, 9.17) is 10.6 Å². The summed E-state index contributed by atoms with van der Waals surface area (Å²) in [6, 6.07) is 3.76. The predicted molar refractivity (Wildman–Crippen MR) is 64.6 cm³/mol. The third-order valence-corrected chi connectivity index (χ3v) is 3.36. The second kappa shape index (κ2) is 6.22. The van der Waals surface area contributed by atoms with Crippen molar-refractivity contribution in [3.8, 4) is 0 Å². The second-order valence-corrected chi connectivity index (χ2v) is 4.57. The number of hydrogen-bond donors (Lipinski definition) is 2. The Kier molecular flexibility index (Phi) is 4.63. The zero-order chi connectivity index (χ0) is 13.0. The van der Waals surface area contributed by atoms with Crippen LogP contribution in [-0.2, 0) is 4.74 Å². The van der Waals surface area contributed by atoms with Crippen LogP contribution >= 0.6 is 0 Å². The quantitative estimate of drug-likeness (QED) is 0.628. The highest BCUT2D eigenvalue weighted by atomic mass is 19.2. The number of hydrogen-bond acceptors (Lipinski definition) is 3. The molecule has 1 aromatic rings. The van der Waals surface area contributed by atoms with Crippen molar-refractivity contribution >= 4 is 0 Å². The van der Waals surface area contributed by atoms with Crippen molar-refractivity contribution in [1.82, 2.24) is 5.43 Å². The third-order valence-electron chi connectivity index (χ3n) is 3.36. The van der Waals surface area contributed by atoms with E-state index in [0.29, 0.717) is 6.42 Å². The van der Waals surface area contributed by atoms with Crippen LogP contribution in [0.2, 0.25) is 0 Å². The lowest BCUT2D eigenvalue weighted by Crippen LogP contribution is -2.29. The van der Waals surface area contributed by atoms with Gasteiger partial charge in [-0.2, -0.15) is 0 Å². The van der Waals surface area contributed by atoms with Gasteiger partial charge < -0.3 is 4.74 Å². The summed E-state index contributed by atoms with van der Waals surface area (Å²) in [6.45, 7) is 0.791. The monoisotopic (exact) mass is 256 g/mol. The summed E-state index contributed by atoms with van der Waals surface area (Å²) >= 11 is 0. The Morgan fingerprint density at radius 1 is 1.44 bits per heavy atom. The number of nitrogens with one attached hydrogen (secondary N) is 1. The molecule has 2 rings (SSSR count).